The predicted octanol–water partition coefficient (Wildman–Crippen LogP) is 2.58. The van der Waals surface area contributed by atoms with Crippen molar-refractivity contribution in [3.63, 3.8) is 0 Å². The molecule has 6 heteroatoms. The molecule has 0 aromatic rings. The first kappa shape index (κ1) is 15.7. The Kier molecular flexibility index (Phi) is 4.39. The monoisotopic (exact) mass is 300 g/mol. The molecule has 2 rings (SSSR count). The number of carbonyl (C=O) groups excluding carboxylic acids is 1. The van der Waals surface area contributed by atoms with Gasteiger partial charge in [-0.1, -0.05) is 20.8 Å². The van der Waals surface area contributed by atoms with Crippen molar-refractivity contribution in [3.05, 3.63) is 11.3 Å². The third-order valence-electron chi connectivity index (χ3n) is 4.21. The summed E-state index contributed by atoms with van der Waals surface area (Å²) >= 11 is 0. The maximum Gasteiger partial charge on any atom is 0.315 e. The average Bonchev–Trinajstić information content (AvgIpc) is 2.93. The molecular weight excluding hydrogens is 276 g/mol. The zero-order chi connectivity index (χ0) is 15.0. The van der Waals surface area contributed by atoms with Gasteiger partial charge in [-0.25, -0.2) is 0 Å². The molecule has 0 aliphatic carbocycles. The van der Waals surface area contributed by atoms with E-state index in [0.717, 1.165) is 5.57 Å². The van der Waals surface area contributed by atoms with Gasteiger partial charge in [-0.15, -0.1) is 0 Å². The van der Waals surface area contributed by atoms with Crippen LogP contribution in [0.5, 0.6) is 0 Å². The number of hydrogen-bond acceptors (Lipinski definition) is 5. The SMILES string of the molecule is CC(C)(C)[Si](C)(C)OCC1=C(C2OCCO2)CC(=O)O1. The van der Waals surface area contributed by atoms with Gasteiger partial charge in [0.05, 0.1) is 26.2 Å². The summed E-state index contributed by atoms with van der Waals surface area (Å²) in [7, 11) is -1.87. The zero-order valence-corrected chi connectivity index (χ0v) is 13.9. The molecule has 2 aliphatic rings. The van der Waals surface area contributed by atoms with E-state index < -0.39 is 14.6 Å². The molecular formula is C14H24O5Si. The molecule has 0 saturated carbocycles. The van der Waals surface area contributed by atoms with Crippen molar-refractivity contribution in [2.24, 2.45) is 0 Å². The third-order valence-corrected chi connectivity index (χ3v) is 8.68. The Balaban J connectivity index is 2.06. The maximum absolute atomic E-state index is 11.5. The Hall–Kier alpha value is -0.693. The molecule has 2 aliphatic heterocycles. The largest absolute Gasteiger partial charge is 0.428 e. The highest BCUT2D eigenvalue weighted by Gasteiger charge is 2.39. The second-order valence-electron chi connectivity index (χ2n) is 6.72. The summed E-state index contributed by atoms with van der Waals surface area (Å²) < 4.78 is 22.3. The summed E-state index contributed by atoms with van der Waals surface area (Å²) in [6.45, 7) is 12.3. The minimum atomic E-state index is -1.87. The molecule has 0 atom stereocenters. The van der Waals surface area contributed by atoms with Crippen LogP contribution in [-0.2, 0) is 23.4 Å². The van der Waals surface area contributed by atoms with Gasteiger partial charge in [0.2, 0.25) is 0 Å². The third kappa shape index (κ3) is 3.31. The fraction of sp³-hybridized carbons (Fsp3) is 0.786. The Morgan fingerprint density at radius 2 is 1.85 bits per heavy atom. The van der Waals surface area contributed by atoms with Crippen LogP contribution in [0.2, 0.25) is 18.1 Å². The van der Waals surface area contributed by atoms with Gasteiger partial charge >= 0.3 is 5.97 Å². The van der Waals surface area contributed by atoms with Crippen molar-refractivity contribution in [1.29, 1.82) is 0 Å². The van der Waals surface area contributed by atoms with Crippen molar-refractivity contribution in [3.8, 4) is 0 Å². The molecule has 0 bridgehead atoms. The van der Waals surface area contributed by atoms with Gasteiger partial charge in [0.25, 0.3) is 0 Å². The summed E-state index contributed by atoms with van der Waals surface area (Å²) in [5.74, 6) is 0.319. The number of rotatable bonds is 4. The lowest BCUT2D eigenvalue weighted by molar-refractivity contribution is -0.137. The zero-order valence-electron chi connectivity index (χ0n) is 12.9. The molecule has 0 aromatic heterocycles. The van der Waals surface area contributed by atoms with Crippen molar-refractivity contribution < 1.29 is 23.4 Å². The van der Waals surface area contributed by atoms with Crippen LogP contribution in [0.1, 0.15) is 27.2 Å². The van der Waals surface area contributed by atoms with Gasteiger partial charge in [-0.05, 0) is 18.1 Å². The average molecular weight is 300 g/mol. The lowest BCUT2D eigenvalue weighted by atomic mass is 10.2. The van der Waals surface area contributed by atoms with E-state index >= 15 is 0 Å². The van der Waals surface area contributed by atoms with E-state index in [4.69, 9.17) is 18.6 Å². The lowest BCUT2D eigenvalue weighted by Crippen LogP contribution is -2.41. The first-order valence-corrected chi connectivity index (χ1v) is 9.91. The van der Waals surface area contributed by atoms with Crippen LogP contribution in [0, 0.1) is 0 Å². The molecule has 20 heavy (non-hydrogen) atoms. The topological polar surface area (TPSA) is 54.0 Å². The number of esters is 1. The van der Waals surface area contributed by atoms with Gasteiger partial charge in [0.15, 0.2) is 14.6 Å². The van der Waals surface area contributed by atoms with Crippen LogP contribution >= 0.6 is 0 Å². The van der Waals surface area contributed by atoms with E-state index in [1.807, 2.05) is 0 Å². The Bertz CT molecular complexity index is 416. The second-order valence-corrected chi connectivity index (χ2v) is 11.5. The lowest BCUT2D eigenvalue weighted by Gasteiger charge is -2.36. The van der Waals surface area contributed by atoms with Gasteiger partial charge in [0.1, 0.15) is 5.76 Å². The van der Waals surface area contributed by atoms with Crippen molar-refractivity contribution in [2.45, 2.75) is 51.6 Å². The van der Waals surface area contributed by atoms with Gasteiger partial charge in [0, 0.05) is 5.57 Å². The van der Waals surface area contributed by atoms with Crippen LogP contribution in [0.3, 0.4) is 0 Å². The smallest absolute Gasteiger partial charge is 0.315 e. The Labute approximate surface area is 121 Å². The predicted molar refractivity (Wildman–Crippen MR) is 76.6 cm³/mol. The van der Waals surface area contributed by atoms with E-state index in [-0.39, 0.29) is 17.4 Å². The second kappa shape index (κ2) is 5.59. The Morgan fingerprint density at radius 3 is 2.40 bits per heavy atom. The number of hydrogen-bond donors (Lipinski definition) is 0. The maximum atomic E-state index is 11.5. The highest BCUT2D eigenvalue weighted by molar-refractivity contribution is 6.74. The molecule has 0 spiro atoms. The Morgan fingerprint density at radius 1 is 1.25 bits per heavy atom. The molecule has 0 unspecified atom stereocenters. The van der Waals surface area contributed by atoms with Crippen LogP contribution < -0.4 is 0 Å². The molecule has 0 amide bonds. The number of ether oxygens (including phenoxy) is 3. The molecule has 2 heterocycles. The molecule has 0 N–H and O–H groups in total. The molecule has 5 nitrogen and oxygen atoms in total. The highest BCUT2D eigenvalue weighted by Crippen LogP contribution is 2.37. The van der Waals surface area contributed by atoms with Gasteiger partial charge in [-0.3, -0.25) is 4.79 Å². The molecule has 1 saturated heterocycles. The van der Waals surface area contributed by atoms with E-state index in [2.05, 4.69) is 33.9 Å². The van der Waals surface area contributed by atoms with Crippen LogP contribution in [-0.4, -0.2) is 40.4 Å². The van der Waals surface area contributed by atoms with E-state index in [9.17, 15) is 4.79 Å². The van der Waals surface area contributed by atoms with Crippen LogP contribution in [0.4, 0.5) is 0 Å². The molecule has 0 radical (unpaired) electrons. The normalized spacial score (nSPS) is 21.8. The number of carbonyl (C=O) groups is 1. The van der Waals surface area contributed by atoms with E-state index in [0.29, 0.717) is 25.6 Å². The first-order chi connectivity index (χ1) is 9.21. The number of cyclic esters (lactones) is 1. The van der Waals surface area contributed by atoms with E-state index in [1.54, 1.807) is 0 Å². The molecule has 1 fully saturated rings. The summed E-state index contributed by atoms with van der Waals surface area (Å²) in [4.78, 5) is 11.5. The summed E-state index contributed by atoms with van der Waals surface area (Å²) in [5, 5.41) is 0.122. The molecule has 0 aromatic carbocycles. The quantitative estimate of drug-likeness (QED) is 0.590. The summed E-state index contributed by atoms with van der Waals surface area (Å²) in [6.07, 6.45) is -0.208. The first-order valence-electron chi connectivity index (χ1n) is 7.00. The summed E-state index contributed by atoms with van der Waals surface area (Å²) in [6, 6.07) is 0. The van der Waals surface area contributed by atoms with Crippen molar-refractivity contribution in [1.82, 2.24) is 0 Å². The van der Waals surface area contributed by atoms with Crippen LogP contribution in [0.25, 0.3) is 0 Å². The minimum Gasteiger partial charge on any atom is -0.428 e. The standard InChI is InChI=1S/C14H24O5Si/c1-14(2,3)20(4,5)18-9-11-10(8-12(15)19-11)13-16-6-7-17-13/h13H,6-9H2,1-5H3. The van der Waals surface area contributed by atoms with Crippen LogP contribution in [0.15, 0.2) is 11.3 Å². The van der Waals surface area contributed by atoms with Gasteiger partial charge < -0.3 is 18.6 Å². The summed E-state index contributed by atoms with van der Waals surface area (Å²) in [5.41, 5.74) is 0.784. The fourth-order valence-electron chi connectivity index (χ4n) is 1.85. The van der Waals surface area contributed by atoms with E-state index in [1.165, 1.54) is 0 Å². The van der Waals surface area contributed by atoms with Gasteiger partial charge in [-0.2, -0.15) is 0 Å². The highest BCUT2D eigenvalue weighted by atomic mass is 28.4. The fourth-order valence-corrected chi connectivity index (χ4v) is 2.78. The van der Waals surface area contributed by atoms with Crippen molar-refractivity contribution in [2.75, 3.05) is 19.8 Å². The molecule has 114 valence electrons. The minimum absolute atomic E-state index is 0.122. The van der Waals surface area contributed by atoms with Crippen molar-refractivity contribution >= 4 is 14.3 Å².